The molecule has 0 aliphatic carbocycles. The molecule has 0 saturated carbocycles. The molecule has 2 rings (SSSR count). The first kappa shape index (κ1) is 15.3. The van der Waals surface area contributed by atoms with Crippen molar-refractivity contribution in [1.82, 2.24) is 10.2 Å². The third-order valence-corrected chi connectivity index (χ3v) is 4.77. The second-order valence-electron chi connectivity index (χ2n) is 6.27. The van der Waals surface area contributed by atoms with Crippen molar-refractivity contribution in [2.45, 2.75) is 64.5 Å². The number of piperidine rings is 1. The standard InChI is InChI=1S/C16H32N2O/c1-3-10-18(13-14-5-8-17-9-6-14)15-7-11-19-16(4-2)12-15/h14-17H,3-13H2,1-2H3. The van der Waals surface area contributed by atoms with Gasteiger partial charge in [0.2, 0.25) is 0 Å². The van der Waals surface area contributed by atoms with Crippen LogP contribution >= 0.6 is 0 Å². The van der Waals surface area contributed by atoms with Gasteiger partial charge in [0.1, 0.15) is 0 Å². The Morgan fingerprint density at radius 3 is 2.63 bits per heavy atom. The van der Waals surface area contributed by atoms with Crippen LogP contribution in [0.5, 0.6) is 0 Å². The van der Waals surface area contributed by atoms with Crippen molar-refractivity contribution in [3.63, 3.8) is 0 Å². The minimum Gasteiger partial charge on any atom is -0.378 e. The van der Waals surface area contributed by atoms with Gasteiger partial charge in [-0.15, -0.1) is 0 Å². The highest BCUT2D eigenvalue weighted by atomic mass is 16.5. The fourth-order valence-corrected chi connectivity index (χ4v) is 3.58. The van der Waals surface area contributed by atoms with Gasteiger partial charge in [-0.25, -0.2) is 0 Å². The first-order valence-corrected chi connectivity index (χ1v) is 8.39. The zero-order valence-electron chi connectivity index (χ0n) is 12.9. The summed E-state index contributed by atoms with van der Waals surface area (Å²) in [6.45, 7) is 10.6. The summed E-state index contributed by atoms with van der Waals surface area (Å²) in [6, 6.07) is 0.772. The maximum atomic E-state index is 5.84. The number of ether oxygens (including phenoxy) is 1. The van der Waals surface area contributed by atoms with Crippen LogP contribution in [0.2, 0.25) is 0 Å². The number of hydrogen-bond donors (Lipinski definition) is 1. The summed E-state index contributed by atoms with van der Waals surface area (Å²) in [5, 5.41) is 3.48. The van der Waals surface area contributed by atoms with E-state index < -0.39 is 0 Å². The molecule has 2 saturated heterocycles. The summed E-state index contributed by atoms with van der Waals surface area (Å²) >= 11 is 0. The Kier molecular flexibility index (Phi) is 6.62. The summed E-state index contributed by atoms with van der Waals surface area (Å²) < 4.78 is 5.84. The third-order valence-electron chi connectivity index (χ3n) is 4.77. The summed E-state index contributed by atoms with van der Waals surface area (Å²) in [6.07, 6.45) is 8.17. The van der Waals surface area contributed by atoms with Gasteiger partial charge in [0, 0.05) is 19.2 Å². The minimum atomic E-state index is 0.506. The van der Waals surface area contributed by atoms with Crippen LogP contribution in [0.3, 0.4) is 0 Å². The fraction of sp³-hybridized carbons (Fsp3) is 1.00. The number of hydrogen-bond acceptors (Lipinski definition) is 3. The topological polar surface area (TPSA) is 24.5 Å². The lowest BCUT2D eigenvalue weighted by Gasteiger charge is -2.39. The molecule has 2 unspecified atom stereocenters. The molecule has 1 N–H and O–H groups in total. The molecule has 3 heteroatoms. The number of nitrogens with one attached hydrogen (secondary N) is 1. The monoisotopic (exact) mass is 268 g/mol. The molecule has 2 aliphatic heterocycles. The van der Waals surface area contributed by atoms with E-state index in [2.05, 4.69) is 24.1 Å². The van der Waals surface area contributed by atoms with Gasteiger partial charge in [0.15, 0.2) is 0 Å². The molecule has 3 nitrogen and oxygen atoms in total. The average molecular weight is 268 g/mol. The van der Waals surface area contributed by atoms with E-state index in [-0.39, 0.29) is 0 Å². The van der Waals surface area contributed by atoms with Crippen LogP contribution < -0.4 is 5.32 Å². The van der Waals surface area contributed by atoms with Crippen molar-refractivity contribution in [2.75, 3.05) is 32.8 Å². The van der Waals surface area contributed by atoms with E-state index in [1.54, 1.807) is 0 Å². The van der Waals surface area contributed by atoms with Gasteiger partial charge in [-0.2, -0.15) is 0 Å². The predicted octanol–water partition coefficient (Wildman–Crippen LogP) is 2.66. The van der Waals surface area contributed by atoms with E-state index in [1.165, 1.54) is 64.7 Å². The highest BCUT2D eigenvalue weighted by Gasteiger charge is 2.27. The smallest absolute Gasteiger partial charge is 0.0587 e. The summed E-state index contributed by atoms with van der Waals surface area (Å²) in [7, 11) is 0. The second kappa shape index (κ2) is 8.23. The molecule has 0 spiro atoms. The first-order chi connectivity index (χ1) is 9.33. The van der Waals surface area contributed by atoms with Crippen LogP contribution in [0, 0.1) is 5.92 Å². The van der Waals surface area contributed by atoms with Crippen LogP contribution in [0.1, 0.15) is 52.4 Å². The van der Waals surface area contributed by atoms with Gasteiger partial charge in [0.25, 0.3) is 0 Å². The fourth-order valence-electron chi connectivity index (χ4n) is 3.58. The lowest BCUT2D eigenvalue weighted by molar-refractivity contribution is -0.0320. The molecule has 2 fully saturated rings. The van der Waals surface area contributed by atoms with Crippen molar-refractivity contribution in [1.29, 1.82) is 0 Å². The van der Waals surface area contributed by atoms with Gasteiger partial charge < -0.3 is 10.1 Å². The number of nitrogens with zero attached hydrogens (tertiary/aromatic N) is 1. The molecule has 0 bridgehead atoms. The van der Waals surface area contributed by atoms with Gasteiger partial charge in [-0.1, -0.05) is 13.8 Å². The van der Waals surface area contributed by atoms with Gasteiger partial charge in [0.05, 0.1) is 6.10 Å². The van der Waals surface area contributed by atoms with Crippen molar-refractivity contribution in [2.24, 2.45) is 5.92 Å². The Hall–Kier alpha value is -0.120. The van der Waals surface area contributed by atoms with Crippen LogP contribution in [0.25, 0.3) is 0 Å². The van der Waals surface area contributed by atoms with Gasteiger partial charge in [-0.3, -0.25) is 4.90 Å². The third kappa shape index (κ3) is 4.73. The Morgan fingerprint density at radius 1 is 1.16 bits per heavy atom. The lowest BCUT2D eigenvalue weighted by Crippen LogP contribution is -2.46. The van der Waals surface area contributed by atoms with E-state index in [9.17, 15) is 0 Å². The van der Waals surface area contributed by atoms with E-state index in [1.807, 2.05) is 0 Å². The Morgan fingerprint density at radius 2 is 1.95 bits per heavy atom. The molecule has 0 amide bonds. The summed E-state index contributed by atoms with van der Waals surface area (Å²) in [5.74, 6) is 0.913. The van der Waals surface area contributed by atoms with Crippen LogP contribution in [-0.2, 0) is 4.74 Å². The largest absolute Gasteiger partial charge is 0.378 e. The minimum absolute atomic E-state index is 0.506. The maximum absolute atomic E-state index is 5.84. The molecule has 2 atom stereocenters. The van der Waals surface area contributed by atoms with Crippen molar-refractivity contribution in [3.05, 3.63) is 0 Å². The molecule has 0 radical (unpaired) electrons. The van der Waals surface area contributed by atoms with E-state index in [4.69, 9.17) is 4.74 Å². The highest BCUT2D eigenvalue weighted by molar-refractivity contribution is 4.82. The molecular weight excluding hydrogens is 236 g/mol. The van der Waals surface area contributed by atoms with E-state index in [0.717, 1.165) is 18.6 Å². The molecular formula is C16H32N2O. The Labute approximate surface area is 119 Å². The normalized spacial score (nSPS) is 29.8. The quantitative estimate of drug-likeness (QED) is 0.801. The summed E-state index contributed by atoms with van der Waals surface area (Å²) in [5.41, 5.74) is 0. The van der Waals surface area contributed by atoms with E-state index >= 15 is 0 Å². The van der Waals surface area contributed by atoms with Crippen LogP contribution in [0.4, 0.5) is 0 Å². The first-order valence-electron chi connectivity index (χ1n) is 8.39. The molecule has 2 aliphatic rings. The SMILES string of the molecule is CCCN(CC1CCNCC1)C1CCOC(CC)C1. The molecule has 0 aromatic carbocycles. The number of rotatable bonds is 6. The molecule has 0 aromatic rings. The molecule has 112 valence electrons. The second-order valence-corrected chi connectivity index (χ2v) is 6.27. The maximum Gasteiger partial charge on any atom is 0.0587 e. The Bertz CT molecular complexity index is 241. The van der Waals surface area contributed by atoms with Crippen molar-refractivity contribution >= 4 is 0 Å². The molecule has 2 heterocycles. The van der Waals surface area contributed by atoms with Crippen LogP contribution in [0.15, 0.2) is 0 Å². The van der Waals surface area contributed by atoms with Gasteiger partial charge >= 0.3 is 0 Å². The van der Waals surface area contributed by atoms with E-state index in [0.29, 0.717) is 6.10 Å². The lowest BCUT2D eigenvalue weighted by atomic mass is 9.94. The Balaban J connectivity index is 1.86. The zero-order chi connectivity index (χ0) is 13.5. The molecule has 0 aromatic heterocycles. The highest BCUT2D eigenvalue weighted by Crippen LogP contribution is 2.24. The average Bonchev–Trinajstić information content (AvgIpc) is 2.48. The zero-order valence-corrected chi connectivity index (χ0v) is 12.9. The van der Waals surface area contributed by atoms with Crippen molar-refractivity contribution < 1.29 is 4.74 Å². The van der Waals surface area contributed by atoms with Crippen molar-refractivity contribution in [3.8, 4) is 0 Å². The van der Waals surface area contributed by atoms with Crippen LogP contribution in [-0.4, -0.2) is 49.8 Å². The van der Waals surface area contributed by atoms with Gasteiger partial charge in [-0.05, 0) is 64.1 Å². The summed E-state index contributed by atoms with van der Waals surface area (Å²) in [4.78, 5) is 2.78. The predicted molar refractivity (Wildman–Crippen MR) is 80.5 cm³/mol. The molecule has 19 heavy (non-hydrogen) atoms.